The van der Waals surface area contributed by atoms with Crippen molar-refractivity contribution in [3.8, 4) is 0 Å². The number of thioether (sulfide) groups is 1. The van der Waals surface area contributed by atoms with Gasteiger partial charge in [-0.1, -0.05) is 35.3 Å². The van der Waals surface area contributed by atoms with E-state index in [-0.39, 0.29) is 17.6 Å². The third kappa shape index (κ3) is 7.40. The summed E-state index contributed by atoms with van der Waals surface area (Å²) in [4.78, 5) is 29.9. The molecular formula is C19H20Cl2N2O3S. The SMILES string of the molecule is COC(=O)CSCCC(=O)N(Cc1ccc(Cl)c(Cl)c1)Cc1ccccn1. The van der Waals surface area contributed by atoms with Crippen molar-refractivity contribution in [1.29, 1.82) is 0 Å². The van der Waals surface area contributed by atoms with Gasteiger partial charge in [-0.05, 0) is 29.8 Å². The van der Waals surface area contributed by atoms with Crippen molar-refractivity contribution in [1.82, 2.24) is 9.88 Å². The van der Waals surface area contributed by atoms with Crippen molar-refractivity contribution >= 4 is 46.8 Å². The number of hydrogen-bond acceptors (Lipinski definition) is 5. The molecule has 1 heterocycles. The van der Waals surface area contributed by atoms with Gasteiger partial charge in [0, 0.05) is 24.9 Å². The molecule has 0 fully saturated rings. The molecule has 0 aliphatic heterocycles. The minimum absolute atomic E-state index is 0.0240. The number of amides is 1. The second kappa shape index (κ2) is 11.2. The fourth-order valence-corrected chi connectivity index (χ4v) is 3.38. The van der Waals surface area contributed by atoms with Gasteiger partial charge in [0.2, 0.25) is 5.91 Å². The standard InChI is InChI=1S/C19H20Cl2N2O3S/c1-26-19(25)13-27-9-7-18(24)23(12-15-4-2-3-8-22-15)11-14-5-6-16(20)17(21)10-14/h2-6,8,10H,7,9,11-13H2,1H3. The molecular weight excluding hydrogens is 407 g/mol. The highest BCUT2D eigenvalue weighted by atomic mass is 35.5. The van der Waals surface area contributed by atoms with Crippen LogP contribution >= 0.6 is 35.0 Å². The van der Waals surface area contributed by atoms with Crippen molar-refractivity contribution in [3.63, 3.8) is 0 Å². The molecule has 0 saturated heterocycles. The van der Waals surface area contributed by atoms with Gasteiger partial charge in [0.1, 0.15) is 0 Å². The maximum atomic E-state index is 12.7. The van der Waals surface area contributed by atoms with E-state index in [1.807, 2.05) is 24.3 Å². The summed E-state index contributed by atoms with van der Waals surface area (Å²) < 4.78 is 4.60. The molecule has 0 aliphatic rings. The molecule has 8 heteroatoms. The van der Waals surface area contributed by atoms with Gasteiger partial charge in [-0.3, -0.25) is 14.6 Å². The van der Waals surface area contributed by atoms with Crippen molar-refractivity contribution in [2.75, 3.05) is 18.6 Å². The van der Waals surface area contributed by atoms with Crippen LogP contribution in [0.2, 0.25) is 10.0 Å². The number of esters is 1. The second-order valence-electron chi connectivity index (χ2n) is 5.70. The van der Waals surface area contributed by atoms with Crippen LogP contribution in [0.3, 0.4) is 0 Å². The van der Waals surface area contributed by atoms with Gasteiger partial charge in [0.05, 0.1) is 35.1 Å². The van der Waals surface area contributed by atoms with Crippen LogP contribution in [0.1, 0.15) is 17.7 Å². The molecule has 2 rings (SSSR count). The van der Waals surface area contributed by atoms with Crippen LogP contribution in [0.25, 0.3) is 0 Å². The van der Waals surface area contributed by atoms with Gasteiger partial charge < -0.3 is 9.64 Å². The van der Waals surface area contributed by atoms with Crippen LogP contribution < -0.4 is 0 Å². The average molecular weight is 427 g/mol. The Bertz CT molecular complexity index is 775. The third-order valence-electron chi connectivity index (χ3n) is 3.70. The lowest BCUT2D eigenvalue weighted by Crippen LogP contribution is -2.30. The van der Waals surface area contributed by atoms with E-state index in [4.69, 9.17) is 23.2 Å². The number of methoxy groups -OCH3 is 1. The first-order valence-corrected chi connectivity index (χ1v) is 10.2. The lowest BCUT2D eigenvalue weighted by atomic mass is 10.2. The Balaban J connectivity index is 2.03. The summed E-state index contributed by atoms with van der Waals surface area (Å²) in [7, 11) is 1.35. The molecule has 0 spiro atoms. The van der Waals surface area contributed by atoms with E-state index >= 15 is 0 Å². The molecule has 1 amide bonds. The number of aromatic nitrogens is 1. The fourth-order valence-electron chi connectivity index (χ4n) is 2.31. The number of pyridine rings is 1. The lowest BCUT2D eigenvalue weighted by molar-refractivity contribution is -0.137. The highest BCUT2D eigenvalue weighted by Crippen LogP contribution is 2.24. The highest BCUT2D eigenvalue weighted by Gasteiger charge is 2.16. The van der Waals surface area contributed by atoms with Gasteiger partial charge in [0.25, 0.3) is 0 Å². The minimum Gasteiger partial charge on any atom is -0.468 e. The summed E-state index contributed by atoms with van der Waals surface area (Å²) >= 11 is 13.4. The number of carbonyl (C=O) groups is 2. The first-order chi connectivity index (χ1) is 13.0. The molecule has 27 heavy (non-hydrogen) atoms. The van der Waals surface area contributed by atoms with Crippen molar-refractivity contribution in [3.05, 3.63) is 63.9 Å². The molecule has 0 saturated carbocycles. The first kappa shape index (κ1) is 21.5. The maximum absolute atomic E-state index is 12.7. The van der Waals surface area contributed by atoms with E-state index in [1.54, 1.807) is 23.2 Å². The molecule has 144 valence electrons. The van der Waals surface area contributed by atoms with Gasteiger partial charge in [-0.15, -0.1) is 11.8 Å². The summed E-state index contributed by atoms with van der Waals surface area (Å²) in [5, 5.41) is 0.926. The Morgan fingerprint density at radius 1 is 1.15 bits per heavy atom. The summed E-state index contributed by atoms with van der Waals surface area (Å²) in [6.07, 6.45) is 2.01. The molecule has 0 radical (unpaired) electrons. The van der Waals surface area contributed by atoms with Crippen LogP contribution in [0.4, 0.5) is 0 Å². The van der Waals surface area contributed by atoms with Crippen molar-refractivity contribution in [2.24, 2.45) is 0 Å². The number of benzene rings is 1. The van der Waals surface area contributed by atoms with E-state index in [9.17, 15) is 9.59 Å². The topological polar surface area (TPSA) is 59.5 Å². The molecule has 0 atom stereocenters. The van der Waals surface area contributed by atoms with Crippen LogP contribution in [0.15, 0.2) is 42.6 Å². The Morgan fingerprint density at radius 3 is 2.63 bits per heavy atom. The summed E-state index contributed by atoms with van der Waals surface area (Å²) in [6, 6.07) is 10.9. The number of rotatable bonds is 9. The number of hydrogen-bond donors (Lipinski definition) is 0. The van der Waals surface area contributed by atoms with Crippen molar-refractivity contribution < 1.29 is 14.3 Å². The van der Waals surface area contributed by atoms with Gasteiger partial charge >= 0.3 is 5.97 Å². The van der Waals surface area contributed by atoms with E-state index in [1.165, 1.54) is 18.9 Å². The van der Waals surface area contributed by atoms with Crippen LogP contribution in [-0.4, -0.2) is 40.4 Å². The van der Waals surface area contributed by atoms with Crippen LogP contribution in [-0.2, 0) is 27.4 Å². The van der Waals surface area contributed by atoms with E-state index in [2.05, 4.69) is 9.72 Å². The first-order valence-electron chi connectivity index (χ1n) is 8.25. The normalized spacial score (nSPS) is 10.5. The average Bonchev–Trinajstić information content (AvgIpc) is 2.68. The Morgan fingerprint density at radius 2 is 1.96 bits per heavy atom. The Labute approximate surface area is 173 Å². The molecule has 0 bridgehead atoms. The largest absolute Gasteiger partial charge is 0.468 e. The molecule has 1 aromatic heterocycles. The zero-order valence-electron chi connectivity index (χ0n) is 14.9. The van der Waals surface area contributed by atoms with E-state index < -0.39 is 0 Å². The van der Waals surface area contributed by atoms with Gasteiger partial charge in [-0.2, -0.15) is 0 Å². The molecule has 1 aromatic carbocycles. The zero-order chi connectivity index (χ0) is 19.6. The quantitative estimate of drug-likeness (QED) is 0.443. The monoisotopic (exact) mass is 426 g/mol. The maximum Gasteiger partial charge on any atom is 0.315 e. The number of halogens is 2. The molecule has 0 N–H and O–H groups in total. The predicted octanol–water partition coefficient (Wildman–Crippen LogP) is 4.21. The summed E-state index contributed by atoms with van der Waals surface area (Å²) in [5.74, 6) is 0.447. The van der Waals surface area contributed by atoms with Crippen LogP contribution in [0.5, 0.6) is 0 Å². The Hall–Kier alpha value is -1.76. The van der Waals surface area contributed by atoms with Crippen molar-refractivity contribution in [2.45, 2.75) is 19.5 Å². The summed E-state index contributed by atoms with van der Waals surface area (Å²) in [5.41, 5.74) is 1.68. The molecule has 0 unspecified atom stereocenters. The molecule has 2 aromatic rings. The summed E-state index contributed by atoms with van der Waals surface area (Å²) in [6.45, 7) is 0.787. The van der Waals surface area contributed by atoms with Crippen LogP contribution in [0, 0.1) is 0 Å². The van der Waals surface area contributed by atoms with Gasteiger partial charge in [0.15, 0.2) is 0 Å². The van der Waals surface area contributed by atoms with Gasteiger partial charge in [-0.25, -0.2) is 0 Å². The lowest BCUT2D eigenvalue weighted by Gasteiger charge is -2.23. The molecule has 0 aliphatic carbocycles. The fraction of sp³-hybridized carbons (Fsp3) is 0.316. The zero-order valence-corrected chi connectivity index (χ0v) is 17.2. The predicted molar refractivity (Wildman–Crippen MR) is 109 cm³/mol. The third-order valence-corrected chi connectivity index (χ3v) is 5.37. The smallest absolute Gasteiger partial charge is 0.315 e. The Kier molecular flexibility index (Phi) is 8.91. The van der Waals surface area contributed by atoms with E-state index in [0.29, 0.717) is 35.3 Å². The number of ether oxygens (including phenoxy) is 1. The number of carbonyl (C=O) groups excluding carboxylic acids is 2. The highest BCUT2D eigenvalue weighted by molar-refractivity contribution is 7.99. The minimum atomic E-state index is -0.298. The molecule has 5 nitrogen and oxygen atoms in total. The second-order valence-corrected chi connectivity index (χ2v) is 7.62. The van der Waals surface area contributed by atoms with E-state index in [0.717, 1.165) is 11.3 Å². The number of nitrogens with zero attached hydrogens (tertiary/aromatic N) is 2.